The van der Waals surface area contributed by atoms with Gasteiger partial charge in [0.05, 0.1) is 12.1 Å². The largest absolute Gasteiger partial charge is 0.393 e. The number of aromatic nitrogens is 3. The molecule has 0 aliphatic carbocycles. The molecule has 22 heavy (non-hydrogen) atoms. The predicted molar refractivity (Wildman–Crippen MR) is 83.4 cm³/mol. The fourth-order valence-corrected chi connectivity index (χ4v) is 2.19. The Morgan fingerprint density at radius 2 is 2.09 bits per heavy atom. The average Bonchev–Trinajstić information content (AvgIpc) is 2.88. The van der Waals surface area contributed by atoms with E-state index in [4.69, 9.17) is 0 Å². The number of amides is 2. The molecule has 2 rings (SSSR count). The first-order valence-corrected chi connectivity index (χ1v) is 7.51. The van der Waals surface area contributed by atoms with Gasteiger partial charge >= 0.3 is 6.03 Å². The molecule has 0 radical (unpaired) electrons. The van der Waals surface area contributed by atoms with Crippen LogP contribution in [0.1, 0.15) is 39.1 Å². The smallest absolute Gasteiger partial charge is 0.315 e. The Balaban J connectivity index is 2.09. The summed E-state index contributed by atoms with van der Waals surface area (Å²) in [5.74, 6) is 0.867. The second-order valence-corrected chi connectivity index (χ2v) is 5.75. The molecule has 0 aliphatic rings. The maximum Gasteiger partial charge on any atom is 0.315 e. The average molecular weight is 305 g/mol. The summed E-state index contributed by atoms with van der Waals surface area (Å²) in [5.41, 5.74) is 0.750. The Morgan fingerprint density at radius 3 is 2.77 bits per heavy atom. The molecule has 7 heteroatoms. The summed E-state index contributed by atoms with van der Waals surface area (Å²) in [7, 11) is 0. The van der Waals surface area contributed by atoms with Crippen LogP contribution in [-0.2, 0) is 0 Å². The molecule has 120 valence electrons. The van der Waals surface area contributed by atoms with Crippen molar-refractivity contribution in [1.29, 1.82) is 0 Å². The van der Waals surface area contributed by atoms with Crippen LogP contribution in [0.2, 0.25) is 0 Å². The van der Waals surface area contributed by atoms with Crippen molar-refractivity contribution in [1.82, 2.24) is 25.2 Å². The van der Waals surface area contributed by atoms with Crippen LogP contribution in [-0.4, -0.2) is 38.4 Å². The Labute approximate surface area is 129 Å². The van der Waals surface area contributed by atoms with Gasteiger partial charge in [-0.25, -0.2) is 4.79 Å². The van der Waals surface area contributed by atoms with Gasteiger partial charge < -0.3 is 15.7 Å². The van der Waals surface area contributed by atoms with E-state index in [1.54, 1.807) is 6.92 Å². The van der Waals surface area contributed by atoms with Crippen molar-refractivity contribution < 1.29 is 9.90 Å². The Kier molecular flexibility index (Phi) is 5.32. The van der Waals surface area contributed by atoms with Crippen molar-refractivity contribution >= 4 is 11.7 Å². The van der Waals surface area contributed by atoms with Gasteiger partial charge in [-0.2, -0.15) is 0 Å². The minimum Gasteiger partial charge on any atom is -0.393 e. The highest BCUT2D eigenvalue weighted by Crippen LogP contribution is 2.20. The molecule has 0 saturated carbocycles. The Bertz CT molecular complexity index is 623. The van der Waals surface area contributed by atoms with E-state index in [2.05, 4.69) is 20.8 Å². The van der Waals surface area contributed by atoms with Crippen LogP contribution in [0.3, 0.4) is 0 Å². The highest BCUT2D eigenvalue weighted by atomic mass is 16.3. The van der Waals surface area contributed by atoms with Crippen molar-refractivity contribution in [2.24, 2.45) is 5.92 Å². The third-order valence-corrected chi connectivity index (χ3v) is 3.42. The van der Waals surface area contributed by atoms with E-state index in [0.29, 0.717) is 18.8 Å². The first-order chi connectivity index (χ1) is 10.5. The number of urea groups is 1. The van der Waals surface area contributed by atoms with Gasteiger partial charge in [-0.05, 0) is 31.4 Å². The predicted octanol–water partition coefficient (Wildman–Crippen LogP) is 1.50. The third kappa shape index (κ3) is 3.94. The molecule has 0 fully saturated rings. The summed E-state index contributed by atoms with van der Waals surface area (Å²) in [6.07, 6.45) is 1.97. The van der Waals surface area contributed by atoms with E-state index in [1.165, 1.54) is 0 Å². The standard InChI is InChI=1S/C15H23N5O2/c1-10(2)13(17-15(22)16-8-7-11(3)21)14-19-18-12-6-4-5-9-20(12)14/h4-6,9-11,13,21H,7-8H2,1-3H3,(H2,16,17,22). The van der Waals surface area contributed by atoms with Crippen molar-refractivity contribution in [2.45, 2.75) is 39.3 Å². The summed E-state index contributed by atoms with van der Waals surface area (Å²) in [6.45, 7) is 6.16. The molecular formula is C15H23N5O2. The molecule has 2 heterocycles. The molecule has 0 aliphatic heterocycles. The van der Waals surface area contributed by atoms with Crippen LogP contribution >= 0.6 is 0 Å². The number of carbonyl (C=O) groups excluding carboxylic acids is 1. The van der Waals surface area contributed by atoms with Gasteiger partial charge in [0.15, 0.2) is 11.5 Å². The topological polar surface area (TPSA) is 91.5 Å². The zero-order valence-electron chi connectivity index (χ0n) is 13.2. The number of pyridine rings is 1. The van der Waals surface area contributed by atoms with E-state index < -0.39 is 6.10 Å². The molecule has 2 atom stereocenters. The van der Waals surface area contributed by atoms with Crippen LogP contribution < -0.4 is 10.6 Å². The molecule has 2 unspecified atom stereocenters. The second kappa shape index (κ2) is 7.22. The van der Waals surface area contributed by atoms with E-state index in [1.807, 2.05) is 42.6 Å². The van der Waals surface area contributed by atoms with Gasteiger partial charge in [-0.1, -0.05) is 19.9 Å². The highest BCUT2D eigenvalue weighted by Gasteiger charge is 2.23. The third-order valence-electron chi connectivity index (χ3n) is 3.42. The van der Waals surface area contributed by atoms with Crippen LogP contribution in [0, 0.1) is 5.92 Å². The van der Waals surface area contributed by atoms with Crippen molar-refractivity contribution in [2.75, 3.05) is 6.54 Å². The highest BCUT2D eigenvalue weighted by molar-refractivity contribution is 5.74. The summed E-state index contributed by atoms with van der Waals surface area (Å²) >= 11 is 0. The second-order valence-electron chi connectivity index (χ2n) is 5.75. The Hall–Kier alpha value is -2.15. The molecule has 0 bridgehead atoms. The number of hydrogen-bond donors (Lipinski definition) is 3. The van der Waals surface area contributed by atoms with Gasteiger partial charge in [-0.15, -0.1) is 10.2 Å². The zero-order valence-corrected chi connectivity index (χ0v) is 13.2. The number of hydrogen-bond acceptors (Lipinski definition) is 4. The lowest BCUT2D eigenvalue weighted by molar-refractivity contribution is 0.182. The lowest BCUT2D eigenvalue weighted by Gasteiger charge is -2.21. The number of fused-ring (bicyclic) bond motifs is 1. The molecule has 3 N–H and O–H groups in total. The molecule has 2 amide bonds. The monoisotopic (exact) mass is 305 g/mol. The quantitative estimate of drug-likeness (QED) is 0.754. The number of aliphatic hydroxyl groups excluding tert-OH is 1. The van der Waals surface area contributed by atoms with Gasteiger partial charge in [0.1, 0.15) is 0 Å². The fourth-order valence-electron chi connectivity index (χ4n) is 2.19. The lowest BCUT2D eigenvalue weighted by Crippen LogP contribution is -2.41. The van der Waals surface area contributed by atoms with E-state index in [-0.39, 0.29) is 18.0 Å². The van der Waals surface area contributed by atoms with Crippen molar-refractivity contribution in [3.8, 4) is 0 Å². The van der Waals surface area contributed by atoms with Gasteiger partial charge in [-0.3, -0.25) is 4.40 Å². The molecule has 2 aromatic rings. The maximum absolute atomic E-state index is 12.0. The van der Waals surface area contributed by atoms with E-state index >= 15 is 0 Å². The SMILES string of the molecule is CC(O)CCNC(=O)NC(c1nnc2ccccn12)C(C)C. The Morgan fingerprint density at radius 1 is 1.32 bits per heavy atom. The maximum atomic E-state index is 12.0. The number of nitrogens with one attached hydrogen (secondary N) is 2. The van der Waals surface area contributed by atoms with Crippen LogP contribution in [0.4, 0.5) is 4.79 Å². The normalized spacial score (nSPS) is 14.0. The molecule has 7 nitrogen and oxygen atoms in total. The van der Waals surface area contributed by atoms with E-state index in [0.717, 1.165) is 5.65 Å². The first-order valence-electron chi connectivity index (χ1n) is 7.51. The van der Waals surface area contributed by atoms with Gasteiger partial charge in [0.2, 0.25) is 0 Å². The van der Waals surface area contributed by atoms with E-state index in [9.17, 15) is 9.90 Å². The number of nitrogens with zero attached hydrogens (tertiary/aromatic N) is 3. The van der Waals surface area contributed by atoms with Crippen LogP contribution in [0.15, 0.2) is 24.4 Å². The first kappa shape index (κ1) is 16.2. The summed E-state index contributed by atoms with van der Waals surface area (Å²) in [5, 5.41) is 23.2. The number of carbonyl (C=O) groups is 1. The lowest BCUT2D eigenvalue weighted by atomic mass is 10.0. The van der Waals surface area contributed by atoms with Gasteiger partial charge in [0, 0.05) is 12.7 Å². The summed E-state index contributed by atoms with van der Waals surface area (Å²) in [6, 6.07) is 5.15. The number of rotatable bonds is 6. The summed E-state index contributed by atoms with van der Waals surface area (Å²) < 4.78 is 1.88. The minimum absolute atomic E-state index is 0.162. The molecule has 2 aromatic heterocycles. The molecule has 0 spiro atoms. The summed E-state index contributed by atoms with van der Waals surface area (Å²) in [4.78, 5) is 12.0. The van der Waals surface area contributed by atoms with Crippen LogP contribution in [0.25, 0.3) is 5.65 Å². The van der Waals surface area contributed by atoms with Gasteiger partial charge in [0.25, 0.3) is 0 Å². The van der Waals surface area contributed by atoms with Crippen molar-refractivity contribution in [3.05, 3.63) is 30.2 Å². The minimum atomic E-state index is -0.429. The van der Waals surface area contributed by atoms with Crippen molar-refractivity contribution in [3.63, 3.8) is 0 Å². The number of aliphatic hydroxyl groups is 1. The molecular weight excluding hydrogens is 282 g/mol. The fraction of sp³-hybridized carbons (Fsp3) is 0.533. The molecule has 0 saturated heterocycles. The van der Waals surface area contributed by atoms with Crippen LogP contribution in [0.5, 0.6) is 0 Å². The molecule has 0 aromatic carbocycles. The zero-order chi connectivity index (χ0) is 16.1.